The summed E-state index contributed by atoms with van der Waals surface area (Å²) in [5.41, 5.74) is 3.59. The molecule has 0 radical (unpaired) electrons. The fourth-order valence-corrected chi connectivity index (χ4v) is 2.31. The predicted molar refractivity (Wildman–Crippen MR) is 86.7 cm³/mol. The molecule has 0 bridgehead atoms. The van der Waals surface area contributed by atoms with Crippen molar-refractivity contribution < 1.29 is 4.74 Å². The number of aromatic nitrogens is 1. The molecule has 0 fully saturated rings. The third-order valence-electron chi connectivity index (χ3n) is 3.58. The number of rotatable bonds is 7. The Morgan fingerprint density at radius 3 is 2.48 bits per heavy atom. The fraction of sp³-hybridized carbons (Fsp3) is 0.389. The summed E-state index contributed by atoms with van der Waals surface area (Å²) in [6.07, 6.45) is 4.05. The second kappa shape index (κ2) is 7.79. The van der Waals surface area contributed by atoms with Gasteiger partial charge in [-0.15, -0.1) is 0 Å². The standard InChI is InChI=1S/C18H24N2O/c1-4-11-19-18(16-8-5-14(2)20-13-16)12-15-6-9-17(21-3)10-7-15/h5-10,13,18-19H,4,11-12H2,1-3H3. The van der Waals surface area contributed by atoms with E-state index in [2.05, 4.69) is 41.5 Å². The molecule has 0 aliphatic carbocycles. The van der Waals surface area contributed by atoms with Crippen molar-refractivity contribution in [3.63, 3.8) is 0 Å². The Kier molecular flexibility index (Phi) is 5.76. The first kappa shape index (κ1) is 15.5. The van der Waals surface area contributed by atoms with E-state index in [4.69, 9.17) is 4.74 Å². The molecule has 1 aromatic carbocycles. The van der Waals surface area contributed by atoms with Crippen molar-refractivity contribution in [2.75, 3.05) is 13.7 Å². The maximum absolute atomic E-state index is 5.21. The normalized spacial score (nSPS) is 12.1. The third kappa shape index (κ3) is 4.57. The van der Waals surface area contributed by atoms with Crippen LogP contribution in [0.4, 0.5) is 0 Å². The number of ether oxygens (including phenoxy) is 1. The summed E-state index contributed by atoms with van der Waals surface area (Å²) in [4.78, 5) is 4.42. The van der Waals surface area contributed by atoms with Gasteiger partial charge < -0.3 is 10.1 Å². The summed E-state index contributed by atoms with van der Waals surface area (Å²) in [6.45, 7) is 5.21. The Balaban J connectivity index is 2.13. The van der Waals surface area contributed by atoms with Gasteiger partial charge in [0.2, 0.25) is 0 Å². The number of methoxy groups -OCH3 is 1. The van der Waals surface area contributed by atoms with Crippen LogP contribution in [0.2, 0.25) is 0 Å². The maximum atomic E-state index is 5.21. The topological polar surface area (TPSA) is 34.1 Å². The molecule has 0 spiro atoms. The van der Waals surface area contributed by atoms with Crippen LogP contribution in [-0.4, -0.2) is 18.6 Å². The average Bonchev–Trinajstić information content (AvgIpc) is 2.53. The van der Waals surface area contributed by atoms with Gasteiger partial charge in [0.05, 0.1) is 7.11 Å². The quantitative estimate of drug-likeness (QED) is 0.842. The van der Waals surface area contributed by atoms with Crippen LogP contribution in [0.1, 0.15) is 36.2 Å². The molecule has 0 saturated heterocycles. The highest BCUT2D eigenvalue weighted by molar-refractivity contribution is 5.29. The Morgan fingerprint density at radius 1 is 1.14 bits per heavy atom. The van der Waals surface area contributed by atoms with Gasteiger partial charge in [0, 0.05) is 17.9 Å². The van der Waals surface area contributed by atoms with Crippen LogP contribution in [0, 0.1) is 6.92 Å². The summed E-state index contributed by atoms with van der Waals surface area (Å²) in [6, 6.07) is 12.8. The largest absolute Gasteiger partial charge is 0.497 e. The Labute approximate surface area is 127 Å². The molecule has 1 N–H and O–H groups in total. The van der Waals surface area contributed by atoms with E-state index in [1.165, 1.54) is 11.1 Å². The van der Waals surface area contributed by atoms with Crippen LogP contribution in [0.25, 0.3) is 0 Å². The lowest BCUT2D eigenvalue weighted by Gasteiger charge is -2.19. The molecule has 1 atom stereocenters. The van der Waals surface area contributed by atoms with E-state index in [0.717, 1.165) is 30.8 Å². The van der Waals surface area contributed by atoms with E-state index < -0.39 is 0 Å². The Morgan fingerprint density at radius 2 is 1.90 bits per heavy atom. The van der Waals surface area contributed by atoms with E-state index in [9.17, 15) is 0 Å². The molecule has 3 nitrogen and oxygen atoms in total. The Bertz CT molecular complexity index is 534. The molecule has 21 heavy (non-hydrogen) atoms. The number of nitrogens with zero attached hydrogens (tertiary/aromatic N) is 1. The molecule has 0 aliphatic rings. The molecule has 1 aromatic heterocycles. The summed E-state index contributed by atoms with van der Waals surface area (Å²) in [5.74, 6) is 0.897. The highest BCUT2D eigenvalue weighted by Crippen LogP contribution is 2.20. The van der Waals surface area contributed by atoms with Crippen LogP contribution < -0.4 is 10.1 Å². The van der Waals surface area contributed by atoms with Gasteiger partial charge in [-0.2, -0.15) is 0 Å². The number of hydrogen-bond acceptors (Lipinski definition) is 3. The van der Waals surface area contributed by atoms with Crippen LogP contribution in [0.5, 0.6) is 5.75 Å². The highest BCUT2D eigenvalue weighted by Gasteiger charge is 2.12. The summed E-state index contributed by atoms with van der Waals surface area (Å²) < 4.78 is 5.21. The second-order valence-electron chi connectivity index (χ2n) is 5.29. The first-order valence-corrected chi connectivity index (χ1v) is 7.51. The van der Waals surface area contributed by atoms with Gasteiger partial charge in [-0.1, -0.05) is 25.1 Å². The van der Waals surface area contributed by atoms with E-state index in [-0.39, 0.29) is 0 Å². The number of hydrogen-bond donors (Lipinski definition) is 1. The SMILES string of the molecule is CCCNC(Cc1ccc(OC)cc1)c1ccc(C)nc1. The second-order valence-corrected chi connectivity index (χ2v) is 5.29. The molecule has 2 rings (SSSR count). The zero-order chi connectivity index (χ0) is 15.1. The summed E-state index contributed by atoms with van der Waals surface area (Å²) in [5, 5.41) is 3.61. The minimum atomic E-state index is 0.298. The molecule has 0 amide bonds. The number of aryl methyl sites for hydroxylation is 1. The maximum Gasteiger partial charge on any atom is 0.118 e. The van der Waals surface area contributed by atoms with Gasteiger partial charge in [0.25, 0.3) is 0 Å². The molecule has 0 saturated carbocycles. The Hall–Kier alpha value is -1.87. The van der Waals surface area contributed by atoms with Crippen LogP contribution in [0.15, 0.2) is 42.6 Å². The lowest BCUT2D eigenvalue weighted by Crippen LogP contribution is -2.24. The van der Waals surface area contributed by atoms with E-state index >= 15 is 0 Å². The van der Waals surface area contributed by atoms with Crippen molar-refractivity contribution in [1.29, 1.82) is 0 Å². The van der Waals surface area contributed by atoms with Gasteiger partial charge in [0.1, 0.15) is 5.75 Å². The van der Waals surface area contributed by atoms with Gasteiger partial charge in [-0.05, 0) is 55.6 Å². The molecule has 2 aromatic rings. The van der Waals surface area contributed by atoms with E-state index in [0.29, 0.717) is 6.04 Å². The zero-order valence-electron chi connectivity index (χ0n) is 13.1. The van der Waals surface area contributed by atoms with E-state index in [1.807, 2.05) is 25.3 Å². The highest BCUT2D eigenvalue weighted by atomic mass is 16.5. The fourth-order valence-electron chi connectivity index (χ4n) is 2.31. The molecular weight excluding hydrogens is 260 g/mol. The molecule has 1 heterocycles. The average molecular weight is 284 g/mol. The van der Waals surface area contributed by atoms with Crippen molar-refractivity contribution in [2.45, 2.75) is 32.7 Å². The van der Waals surface area contributed by atoms with Gasteiger partial charge in [0.15, 0.2) is 0 Å². The molecule has 0 aliphatic heterocycles. The number of pyridine rings is 1. The van der Waals surface area contributed by atoms with Gasteiger partial charge in [-0.3, -0.25) is 4.98 Å². The monoisotopic (exact) mass is 284 g/mol. The molecule has 1 unspecified atom stereocenters. The summed E-state index contributed by atoms with van der Waals surface area (Å²) >= 11 is 0. The van der Waals surface area contributed by atoms with Crippen molar-refractivity contribution in [3.8, 4) is 5.75 Å². The lowest BCUT2D eigenvalue weighted by atomic mass is 9.99. The zero-order valence-corrected chi connectivity index (χ0v) is 13.1. The number of nitrogens with one attached hydrogen (secondary N) is 1. The van der Waals surface area contributed by atoms with Crippen LogP contribution in [-0.2, 0) is 6.42 Å². The minimum absolute atomic E-state index is 0.298. The first-order chi connectivity index (χ1) is 10.2. The van der Waals surface area contributed by atoms with Crippen molar-refractivity contribution in [3.05, 3.63) is 59.4 Å². The predicted octanol–water partition coefficient (Wildman–Crippen LogP) is 3.68. The first-order valence-electron chi connectivity index (χ1n) is 7.51. The van der Waals surface area contributed by atoms with Crippen molar-refractivity contribution in [1.82, 2.24) is 10.3 Å². The van der Waals surface area contributed by atoms with E-state index in [1.54, 1.807) is 7.11 Å². The minimum Gasteiger partial charge on any atom is -0.497 e. The van der Waals surface area contributed by atoms with Crippen molar-refractivity contribution in [2.24, 2.45) is 0 Å². The van der Waals surface area contributed by atoms with Crippen LogP contribution in [0.3, 0.4) is 0 Å². The molecular formula is C18H24N2O. The number of benzene rings is 1. The third-order valence-corrected chi connectivity index (χ3v) is 3.58. The van der Waals surface area contributed by atoms with Gasteiger partial charge >= 0.3 is 0 Å². The summed E-state index contributed by atoms with van der Waals surface area (Å²) in [7, 11) is 1.69. The van der Waals surface area contributed by atoms with Crippen molar-refractivity contribution >= 4 is 0 Å². The van der Waals surface area contributed by atoms with Crippen LogP contribution >= 0.6 is 0 Å². The molecule has 3 heteroatoms. The van der Waals surface area contributed by atoms with Gasteiger partial charge in [-0.25, -0.2) is 0 Å². The lowest BCUT2D eigenvalue weighted by molar-refractivity contribution is 0.414. The molecule has 112 valence electrons. The smallest absolute Gasteiger partial charge is 0.118 e.